The number of nitrogen functional groups attached to an aromatic ring is 2. The van der Waals surface area contributed by atoms with Crippen molar-refractivity contribution < 1.29 is 35.5 Å². The molecule has 0 unspecified atom stereocenters. The quantitative estimate of drug-likeness (QED) is 0.0994. The number of nitrogens with two attached hydrogens (primary N) is 3. The van der Waals surface area contributed by atoms with Crippen molar-refractivity contribution in [1.29, 1.82) is 0 Å². The number of nitrogens with one attached hydrogen (secondary N) is 1. The molecule has 2 fully saturated rings. The van der Waals surface area contributed by atoms with Gasteiger partial charge in [0.05, 0.1) is 12.5 Å². The molecule has 0 amide bonds. The van der Waals surface area contributed by atoms with Gasteiger partial charge in [0.2, 0.25) is 39.3 Å². The maximum atomic E-state index is 14.4. The molecule has 370 valence electrons. The molecule has 0 atom stereocenters. The minimum Gasteiger partial charge on any atom is -0.489 e. The third kappa shape index (κ3) is 12.8. The van der Waals surface area contributed by atoms with E-state index in [9.17, 15) is 17.2 Å². The molecular weight excluding hydrogens is 931 g/mol. The van der Waals surface area contributed by atoms with Crippen molar-refractivity contribution in [3.8, 4) is 34.7 Å². The van der Waals surface area contributed by atoms with Crippen LogP contribution < -0.4 is 32.0 Å². The van der Waals surface area contributed by atoms with E-state index >= 15 is 0 Å². The van der Waals surface area contributed by atoms with Crippen LogP contribution >= 0.6 is 0 Å². The van der Waals surface area contributed by atoms with Crippen LogP contribution in [0.3, 0.4) is 0 Å². The van der Waals surface area contributed by atoms with E-state index in [4.69, 9.17) is 35.5 Å². The van der Waals surface area contributed by atoms with Gasteiger partial charge in [0.25, 0.3) is 16.7 Å². The van der Waals surface area contributed by atoms with Gasteiger partial charge >= 0.3 is 0 Å². The Balaban J connectivity index is 0.000000152. The molecule has 22 nitrogen and oxygen atoms in total. The highest BCUT2D eigenvalue weighted by Crippen LogP contribution is 2.22. The molecule has 2 saturated heterocycles. The number of ether oxygens (including phenoxy) is 2. The largest absolute Gasteiger partial charge is 0.489 e. The summed E-state index contributed by atoms with van der Waals surface area (Å²) in [6.07, 6.45) is 10.3. The number of furan rings is 2. The molecule has 2 aliphatic heterocycles. The van der Waals surface area contributed by atoms with Crippen LogP contribution in [0.25, 0.3) is 34.7 Å². The number of anilines is 3. The van der Waals surface area contributed by atoms with E-state index < -0.39 is 15.0 Å². The van der Waals surface area contributed by atoms with E-state index in [-0.39, 0.29) is 40.9 Å². The summed E-state index contributed by atoms with van der Waals surface area (Å²) in [7, 11) is -3.57. The minimum absolute atomic E-state index is 0.0410. The molecular formula is C45H54F2N16O6S. The maximum Gasteiger partial charge on any atom is 0.259 e. The minimum atomic E-state index is -3.57. The lowest BCUT2D eigenvalue weighted by Crippen LogP contribution is -2.25. The van der Waals surface area contributed by atoms with Gasteiger partial charge in [-0.3, -0.25) is 9.80 Å². The van der Waals surface area contributed by atoms with Crippen LogP contribution in [0.15, 0.2) is 87.2 Å². The van der Waals surface area contributed by atoms with Crippen LogP contribution in [-0.2, 0) is 22.7 Å². The summed E-state index contributed by atoms with van der Waals surface area (Å²) in [5, 5.41) is 11.0. The molecule has 2 aliphatic rings. The molecule has 0 bridgehead atoms. The van der Waals surface area contributed by atoms with Crippen molar-refractivity contribution in [1.82, 2.24) is 58.9 Å². The van der Waals surface area contributed by atoms with E-state index in [1.807, 2.05) is 12.1 Å². The van der Waals surface area contributed by atoms with Crippen LogP contribution in [0, 0.1) is 11.6 Å². The molecule has 25 heteroatoms. The first-order valence-corrected chi connectivity index (χ1v) is 24.6. The SMILES string of the molecule is CS(=O)(=O)c1nc(N)n2nc(-c3ccco3)nc2n1.NCCc1ccc(OCCN2CCCC2)c(F)c1.Nc1nc(NCCc2ccc(OCCN3CCCC3)c(F)c2)nc2nc(-c3ccco3)nn12. The van der Waals surface area contributed by atoms with Gasteiger partial charge < -0.3 is 40.8 Å². The molecule has 0 aliphatic carbocycles. The predicted molar refractivity (Wildman–Crippen MR) is 255 cm³/mol. The number of likely N-dealkylation sites (tertiary alicyclic amines) is 2. The van der Waals surface area contributed by atoms with Crippen molar-refractivity contribution in [2.45, 2.75) is 43.7 Å². The highest BCUT2D eigenvalue weighted by Gasteiger charge is 2.19. The lowest BCUT2D eigenvalue weighted by molar-refractivity contribution is 0.231. The van der Waals surface area contributed by atoms with Gasteiger partial charge in [-0.2, -0.15) is 38.9 Å². The summed E-state index contributed by atoms with van der Waals surface area (Å²) in [6, 6.07) is 17.0. The molecule has 0 saturated carbocycles. The zero-order valence-corrected chi connectivity index (χ0v) is 39.3. The Morgan fingerprint density at radius 3 is 1.64 bits per heavy atom. The van der Waals surface area contributed by atoms with Crippen molar-refractivity contribution >= 4 is 39.2 Å². The van der Waals surface area contributed by atoms with Gasteiger partial charge in [-0.15, -0.1) is 10.2 Å². The maximum absolute atomic E-state index is 14.4. The van der Waals surface area contributed by atoms with Crippen molar-refractivity contribution in [3.63, 3.8) is 0 Å². The Morgan fingerprint density at radius 1 is 0.671 bits per heavy atom. The average Bonchev–Trinajstić information content (AvgIpc) is 4.19. The molecule has 2 aromatic carbocycles. The highest BCUT2D eigenvalue weighted by molar-refractivity contribution is 7.90. The Bertz CT molecular complexity index is 3070. The predicted octanol–water partition coefficient (Wildman–Crippen LogP) is 4.20. The van der Waals surface area contributed by atoms with Crippen molar-refractivity contribution in [3.05, 3.63) is 96.0 Å². The number of nitrogens with zero attached hydrogens (tertiary/aromatic N) is 12. The number of benzene rings is 2. The summed E-state index contributed by atoms with van der Waals surface area (Å²) in [5.41, 5.74) is 18.8. The summed E-state index contributed by atoms with van der Waals surface area (Å²) < 4.78 is 75.0. The average molecular weight is 985 g/mol. The van der Waals surface area contributed by atoms with Crippen LogP contribution in [0.5, 0.6) is 11.5 Å². The fraction of sp³-hybridized carbons (Fsp3) is 0.378. The molecule has 0 spiro atoms. The van der Waals surface area contributed by atoms with Crippen molar-refractivity contribution in [2.24, 2.45) is 5.73 Å². The first kappa shape index (κ1) is 49.1. The monoisotopic (exact) mass is 984 g/mol. The van der Waals surface area contributed by atoms with E-state index in [1.165, 1.54) is 48.6 Å². The summed E-state index contributed by atoms with van der Waals surface area (Å²) in [4.78, 5) is 29.1. The lowest BCUT2D eigenvalue weighted by Gasteiger charge is -2.15. The van der Waals surface area contributed by atoms with Crippen LogP contribution in [0.4, 0.5) is 26.6 Å². The Morgan fingerprint density at radius 2 is 1.17 bits per heavy atom. The molecule has 6 aromatic heterocycles. The van der Waals surface area contributed by atoms with Gasteiger partial charge in [-0.1, -0.05) is 12.1 Å². The summed E-state index contributed by atoms with van der Waals surface area (Å²) in [6.45, 7) is 8.25. The second-order valence-corrected chi connectivity index (χ2v) is 18.2. The molecule has 7 N–H and O–H groups in total. The Kier molecular flexibility index (Phi) is 16.0. The number of sulfone groups is 1. The number of hydrogen-bond acceptors (Lipinski definition) is 20. The van der Waals surface area contributed by atoms with Gasteiger partial charge in [0, 0.05) is 25.9 Å². The molecule has 8 aromatic rings. The van der Waals surface area contributed by atoms with E-state index in [0.717, 1.165) is 61.2 Å². The smallest absolute Gasteiger partial charge is 0.259 e. The third-order valence-electron chi connectivity index (χ3n) is 11.1. The third-order valence-corrected chi connectivity index (χ3v) is 12.0. The summed E-state index contributed by atoms with van der Waals surface area (Å²) in [5.74, 6) is 2.23. The van der Waals surface area contributed by atoms with Gasteiger partial charge in [-0.05, 0) is 131 Å². The van der Waals surface area contributed by atoms with Crippen LogP contribution in [-0.4, -0.2) is 139 Å². The molecule has 8 heterocycles. The van der Waals surface area contributed by atoms with Crippen molar-refractivity contribution in [2.75, 3.05) is 88.6 Å². The van der Waals surface area contributed by atoms with E-state index in [1.54, 1.807) is 42.7 Å². The van der Waals surface area contributed by atoms with Gasteiger partial charge in [0.1, 0.15) is 13.2 Å². The fourth-order valence-electron chi connectivity index (χ4n) is 7.56. The van der Waals surface area contributed by atoms with Crippen LogP contribution in [0.1, 0.15) is 36.8 Å². The molecule has 10 rings (SSSR count). The fourth-order valence-corrected chi connectivity index (χ4v) is 8.06. The number of rotatable bonds is 17. The first-order valence-electron chi connectivity index (χ1n) is 22.7. The number of halogens is 2. The zero-order chi connectivity index (χ0) is 49.0. The first-order chi connectivity index (χ1) is 33.9. The highest BCUT2D eigenvalue weighted by atomic mass is 32.2. The van der Waals surface area contributed by atoms with Crippen LogP contribution in [0.2, 0.25) is 0 Å². The second kappa shape index (κ2) is 22.8. The van der Waals surface area contributed by atoms with Gasteiger partial charge in [0.15, 0.2) is 34.7 Å². The van der Waals surface area contributed by atoms with E-state index in [0.29, 0.717) is 74.0 Å². The second-order valence-electron chi connectivity index (χ2n) is 16.3. The number of aromatic nitrogens is 10. The normalized spacial score (nSPS) is 14.1. The lowest BCUT2D eigenvalue weighted by atomic mass is 10.1. The number of fused-ring (bicyclic) bond motifs is 2. The molecule has 0 radical (unpaired) electrons. The molecule has 70 heavy (non-hydrogen) atoms. The topological polar surface area (TPSA) is 287 Å². The number of hydrogen-bond donors (Lipinski definition) is 4. The Hall–Kier alpha value is -7.35. The standard InChI is InChI=1S/C22H25FN8O2.C14H21FN2O.C9H8N6O3S/c23-16-14-15(5-6-17(16)33-13-11-30-9-1-2-10-30)7-8-25-21-27-20(24)31-22(28-21)26-19(29-31)18-4-3-12-32-18;15-13-11-12(5-6-16)3-4-14(13)18-10-9-17-7-1-2-8-17;1-19(16,17)9-12-7(10)15-8(13-9)11-6(14-15)5-3-2-4-18-5/h3-6,12,14H,1-2,7-11,13H2,(H3,24,25,26,27,28,29);3-4,11H,1-2,5-10,16H2;2-4H,1H3,(H2,10,11,12,13,14). The summed E-state index contributed by atoms with van der Waals surface area (Å²) >= 11 is 0. The van der Waals surface area contributed by atoms with E-state index in [2.05, 4.69) is 55.2 Å². The zero-order valence-electron chi connectivity index (χ0n) is 38.5. The Labute approximate surface area is 401 Å². The van der Waals surface area contributed by atoms with Gasteiger partial charge in [-0.25, -0.2) is 17.2 Å².